The van der Waals surface area contributed by atoms with Crippen LogP contribution in [0.3, 0.4) is 0 Å². The number of ether oxygens (including phenoxy) is 3. The molecule has 2 aromatic rings. The lowest BCUT2D eigenvalue weighted by Gasteiger charge is -2.08. The van der Waals surface area contributed by atoms with Gasteiger partial charge >= 0.3 is 5.97 Å². The van der Waals surface area contributed by atoms with Crippen LogP contribution in [0, 0.1) is 0 Å². The van der Waals surface area contributed by atoms with Gasteiger partial charge in [-0.3, -0.25) is 9.59 Å². The number of hydrogen-bond acceptors (Lipinski definition) is 5. The van der Waals surface area contributed by atoms with Gasteiger partial charge in [0.2, 0.25) is 0 Å². The third-order valence-electron chi connectivity index (χ3n) is 3.35. The molecule has 0 aromatic heterocycles. The number of para-hydroxylation sites is 1. The fourth-order valence-corrected chi connectivity index (χ4v) is 2.14. The number of amides is 1. The molecule has 0 heterocycles. The Hall–Kier alpha value is -3.02. The summed E-state index contributed by atoms with van der Waals surface area (Å²) in [6, 6.07) is 16.3. The van der Waals surface area contributed by atoms with Gasteiger partial charge in [0.1, 0.15) is 11.5 Å². The fourth-order valence-electron chi connectivity index (χ4n) is 2.14. The normalized spacial score (nSPS) is 10.0. The van der Waals surface area contributed by atoms with Gasteiger partial charge in [0.15, 0.2) is 6.61 Å². The van der Waals surface area contributed by atoms with E-state index in [4.69, 9.17) is 14.2 Å². The van der Waals surface area contributed by atoms with E-state index in [1.165, 1.54) is 0 Å². The molecule has 0 aliphatic heterocycles. The molecule has 6 heteroatoms. The van der Waals surface area contributed by atoms with E-state index in [0.717, 1.165) is 11.5 Å². The van der Waals surface area contributed by atoms with E-state index < -0.39 is 5.97 Å². The van der Waals surface area contributed by atoms with Crippen LogP contribution >= 0.6 is 0 Å². The number of nitrogens with one attached hydrogen (secondary N) is 1. The topological polar surface area (TPSA) is 73.9 Å². The molecule has 0 fully saturated rings. The first-order valence-corrected chi connectivity index (χ1v) is 8.53. The second-order valence-corrected chi connectivity index (χ2v) is 5.43. The zero-order valence-electron chi connectivity index (χ0n) is 14.8. The minimum Gasteiger partial charge on any atom is -0.494 e. The lowest BCUT2D eigenvalue weighted by Crippen LogP contribution is -2.21. The van der Waals surface area contributed by atoms with Crippen molar-refractivity contribution in [3.8, 4) is 11.5 Å². The average Bonchev–Trinajstić information content (AvgIpc) is 2.66. The lowest BCUT2D eigenvalue weighted by atomic mass is 10.3. The molecule has 1 amide bonds. The highest BCUT2D eigenvalue weighted by Crippen LogP contribution is 2.15. The summed E-state index contributed by atoms with van der Waals surface area (Å²) in [6.07, 6.45) is 0.720. The van der Waals surface area contributed by atoms with Crippen LogP contribution in [0.1, 0.15) is 19.8 Å². The van der Waals surface area contributed by atoms with Crippen molar-refractivity contribution in [1.82, 2.24) is 0 Å². The smallest absolute Gasteiger partial charge is 0.306 e. The van der Waals surface area contributed by atoms with E-state index in [1.807, 2.05) is 37.3 Å². The van der Waals surface area contributed by atoms with E-state index >= 15 is 0 Å². The summed E-state index contributed by atoms with van der Waals surface area (Å²) >= 11 is 0. The highest BCUT2D eigenvalue weighted by molar-refractivity contribution is 5.92. The molecule has 0 atom stereocenters. The van der Waals surface area contributed by atoms with Crippen LogP contribution in [0.15, 0.2) is 54.6 Å². The van der Waals surface area contributed by atoms with Crippen molar-refractivity contribution < 1.29 is 23.8 Å². The Bertz CT molecular complexity index is 685. The summed E-state index contributed by atoms with van der Waals surface area (Å²) in [5, 5.41) is 2.66. The molecule has 1 N–H and O–H groups in total. The molecular formula is C20H23NO5. The van der Waals surface area contributed by atoms with E-state index in [0.29, 0.717) is 25.3 Å². The van der Waals surface area contributed by atoms with Gasteiger partial charge in [-0.25, -0.2) is 0 Å². The third-order valence-corrected chi connectivity index (χ3v) is 3.35. The summed E-state index contributed by atoms with van der Waals surface area (Å²) in [6.45, 7) is 2.58. The fraction of sp³-hybridized carbons (Fsp3) is 0.300. The molecule has 0 spiro atoms. The molecule has 0 aliphatic carbocycles. The van der Waals surface area contributed by atoms with Crippen LogP contribution < -0.4 is 14.8 Å². The Morgan fingerprint density at radius 1 is 0.923 bits per heavy atom. The first-order chi connectivity index (χ1) is 12.7. The minimum absolute atomic E-state index is 0.198. The maximum Gasteiger partial charge on any atom is 0.306 e. The number of anilines is 1. The molecule has 6 nitrogen and oxygen atoms in total. The molecule has 2 rings (SSSR count). The van der Waals surface area contributed by atoms with Crippen LogP contribution in [0.25, 0.3) is 0 Å². The average molecular weight is 357 g/mol. The Balaban J connectivity index is 1.59. The first-order valence-electron chi connectivity index (χ1n) is 8.53. The predicted molar refractivity (Wildman–Crippen MR) is 98.4 cm³/mol. The molecule has 0 unspecified atom stereocenters. The number of carbonyl (C=O) groups excluding carboxylic acids is 2. The molecule has 2 aromatic carbocycles. The van der Waals surface area contributed by atoms with Gasteiger partial charge in [-0.2, -0.15) is 0 Å². The summed E-state index contributed by atoms with van der Waals surface area (Å²) < 4.78 is 15.8. The van der Waals surface area contributed by atoms with Crippen molar-refractivity contribution in [1.29, 1.82) is 0 Å². The van der Waals surface area contributed by atoms with Gasteiger partial charge in [0.05, 0.1) is 13.2 Å². The van der Waals surface area contributed by atoms with E-state index in [2.05, 4.69) is 5.32 Å². The highest BCUT2D eigenvalue weighted by Gasteiger charge is 2.08. The van der Waals surface area contributed by atoms with Gasteiger partial charge in [-0.05, 0) is 49.7 Å². The molecule has 0 radical (unpaired) electrons. The molecule has 0 saturated heterocycles. The van der Waals surface area contributed by atoms with Crippen molar-refractivity contribution >= 4 is 17.6 Å². The number of carbonyl (C=O) groups is 2. The summed E-state index contributed by atoms with van der Waals surface area (Å²) in [5.41, 5.74) is 0.616. The lowest BCUT2D eigenvalue weighted by molar-refractivity contribution is -0.147. The Kier molecular flexibility index (Phi) is 7.99. The van der Waals surface area contributed by atoms with Gasteiger partial charge in [-0.15, -0.1) is 0 Å². The van der Waals surface area contributed by atoms with Gasteiger partial charge < -0.3 is 19.5 Å². The van der Waals surface area contributed by atoms with Crippen molar-refractivity contribution in [2.75, 3.05) is 25.1 Å². The van der Waals surface area contributed by atoms with Crippen LogP contribution in [0.4, 0.5) is 5.69 Å². The molecule has 0 aliphatic rings. The maximum absolute atomic E-state index is 11.8. The molecule has 26 heavy (non-hydrogen) atoms. The standard InChI is InChI=1S/C20H23NO5/c1-2-24-18-12-10-16(11-13-18)21-19(22)15-26-20(23)9-6-14-25-17-7-4-3-5-8-17/h3-5,7-8,10-13H,2,6,9,14-15H2,1H3,(H,21,22). The van der Waals surface area contributed by atoms with Crippen molar-refractivity contribution in [2.24, 2.45) is 0 Å². The summed E-state index contributed by atoms with van der Waals surface area (Å²) in [7, 11) is 0. The second kappa shape index (κ2) is 10.8. The Labute approximate surface area is 153 Å². The van der Waals surface area contributed by atoms with Crippen molar-refractivity contribution in [2.45, 2.75) is 19.8 Å². The monoisotopic (exact) mass is 357 g/mol. The summed E-state index contributed by atoms with van der Waals surface area (Å²) in [5.74, 6) is 0.678. The number of esters is 1. The summed E-state index contributed by atoms with van der Waals surface area (Å²) in [4.78, 5) is 23.5. The second-order valence-electron chi connectivity index (χ2n) is 5.43. The van der Waals surface area contributed by atoms with Crippen LogP contribution in [0.5, 0.6) is 11.5 Å². The van der Waals surface area contributed by atoms with Gasteiger partial charge in [0.25, 0.3) is 5.91 Å². The number of benzene rings is 2. The minimum atomic E-state index is -0.427. The molecule has 0 saturated carbocycles. The SMILES string of the molecule is CCOc1ccc(NC(=O)COC(=O)CCCOc2ccccc2)cc1. The van der Waals surface area contributed by atoms with E-state index in [1.54, 1.807) is 24.3 Å². The van der Waals surface area contributed by atoms with Crippen molar-refractivity contribution in [3.05, 3.63) is 54.6 Å². The first kappa shape index (κ1) is 19.3. The van der Waals surface area contributed by atoms with Crippen LogP contribution in [-0.2, 0) is 14.3 Å². The van der Waals surface area contributed by atoms with Gasteiger partial charge in [0, 0.05) is 12.1 Å². The Morgan fingerprint density at radius 3 is 2.31 bits per heavy atom. The quantitative estimate of drug-likeness (QED) is 0.521. The number of hydrogen-bond donors (Lipinski definition) is 1. The molecule has 0 bridgehead atoms. The third kappa shape index (κ3) is 7.25. The predicted octanol–water partition coefficient (Wildman–Crippen LogP) is 3.43. The van der Waals surface area contributed by atoms with Crippen LogP contribution in [-0.4, -0.2) is 31.7 Å². The zero-order chi connectivity index (χ0) is 18.6. The highest BCUT2D eigenvalue weighted by atomic mass is 16.5. The maximum atomic E-state index is 11.8. The van der Waals surface area contributed by atoms with E-state index in [-0.39, 0.29) is 18.9 Å². The zero-order valence-corrected chi connectivity index (χ0v) is 14.8. The largest absolute Gasteiger partial charge is 0.494 e. The Morgan fingerprint density at radius 2 is 1.62 bits per heavy atom. The van der Waals surface area contributed by atoms with Crippen LogP contribution in [0.2, 0.25) is 0 Å². The number of rotatable bonds is 10. The molecular weight excluding hydrogens is 334 g/mol. The molecule has 138 valence electrons. The van der Waals surface area contributed by atoms with E-state index in [9.17, 15) is 9.59 Å². The van der Waals surface area contributed by atoms with Gasteiger partial charge in [-0.1, -0.05) is 18.2 Å². The van der Waals surface area contributed by atoms with Crippen molar-refractivity contribution in [3.63, 3.8) is 0 Å².